The van der Waals surface area contributed by atoms with Gasteiger partial charge in [-0.3, -0.25) is 16.3 Å². The molecule has 0 bridgehead atoms. The molecule has 0 amide bonds. The Bertz CT molecular complexity index is 668. The van der Waals surface area contributed by atoms with Crippen molar-refractivity contribution < 1.29 is 0 Å². The van der Waals surface area contributed by atoms with E-state index in [1.807, 2.05) is 29.6 Å². The molecule has 1 atom stereocenters. The molecule has 1 aromatic carbocycles. The Morgan fingerprint density at radius 1 is 1.21 bits per heavy atom. The minimum absolute atomic E-state index is 0.0803. The Kier molecular flexibility index (Phi) is 3.45. The highest BCUT2D eigenvalue weighted by atomic mass is 32.1. The van der Waals surface area contributed by atoms with Gasteiger partial charge in [-0.15, -0.1) is 11.3 Å². The number of hydrogen-bond donors (Lipinski definition) is 2. The molecule has 19 heavy (non-hydrogen) atoms. The maximum absolute atomic E-state index is 5.62. The van der Waals surface area contributed by atoms with Gasteiger partial charge in [-0.1, -0.05) is 12.1 Å². The first-order chi connectivity index (χ1) is 9.36. The third-order valence-electron chi connectivity index (χ3n) is 2.89. The van der Waals surface area contributed by atoms with E-state index in [0.717, 1.165) is 21.7 Å². The fourth-order valence-corrected chi connectivity index (χ4v) is 2.58. The van der Waals surface area contributed by atoms with Crippen molar-refractivity contribution in [2.75, 3.05) is 0 Å². The van der Waals surface area contributed by atoms with E-state index in [4.69, 9.17) is 5.84 Å². The van der Waals surface area contributed by atoms with E-state index in [1.165, 1.54) is 0 Å². The second kappa shape index (κ2) is 5.40. The molecule has 2 heterocycles. The topological polar surface area (TPSA) is 76.7 Å². The van der Waals surface area contributed by atoms with E-state index in [2.05, 4.69) is 20.4 Å². The summed E-state index contributed by atoms with van der Waals surface area (Å²) in [6.45, 7) is 0. The van der Waals surface area contributed by atoms with Gasteiger partial charge in [-0.2, -0.15) is 0 Å². The number of para-hydroxylation sites is 2. The smallest absolute Gasteiger partial charge is 0.0944 e. The number of thiazole rings is 1. The molecule has 0 aliphatic carbocycles. The molecule has 0 saturated heterocycles. The summed E-state index contributed by atoms with van der Waals surface area (Å²) in [4.78, 5) is 13.3. The molecular formula is C13H13N5S. The number of nitrogens with zero attached hydrogens (tertiary/aromatic N) is 3. The van der Waals surface area contributed by atoms with Crippen molar-refractivity contribution >= 4 is 22.4 Å². The number of hydrazine groups is 1. The number of hydrogen-bond acceptors (Lipinski definition) is 6. The highest BCUT2D eigenvalue weighted by Gasteiger charge is 2.14. The molecule has 2 aromatic heterocycles. The van der Waals surface area contributed by atoms with Crippen LogP contribution >= 0.6 is 11.3 Å². The van der Waals surface area contributed by atoms with Crippen LogP contribution in [-0.4, -0.2) is 15.0 Å². The van der Waals surface area contributed by atoms with Crippen LogP contribution in [0, 0.1) is 0 Å². The number of nitrogens with one attached hydrogen (secondary N) is 1. The molecule has 0 aliphatic heterocycles. The molecule has 3 N–H and O–H groups in total. The molecule has 1 unspecified atom stereocenters. The maximum Gasteiger partial charge on any atom is 0.0944 e. The largest absolute Gasteiger partial charge is 0.271 e. The third kappa shape index (κ3) is 2.60. The first-order valence-corrected chi connectivity index (χ1v) is 6.81. The van der Waals surface area contributed by atoms with E-state index in [0.29, 0.717) is 6.42 Å². The monoisotopic (exact) mass is 271 g/mol. The lowest BCUT2D eigenvalue weighted by Crippen LogP contribution is -2.30. The predicted octanol–water partition coefficient (Wildman–Crippen LogP) is 1.83. The number of rotatable bonds is 4. The second-order valence-electron chi connectivity index (χ2n) is 4.13. The average Bonchev–Trinajstić information content (AvgIpc) is 2.97. The van der Waals surface area contributed by atoms with Crippen LogP contribution in [0.25, 0.3) is 11.0 Å². The summed E-state index contributed by atoms with van der Waals surface area (Å²) in [6.07, 6.45) is 4.27. The molecule has 5 nitrogen and oxygen atoms in total. The first-order valence-electron chi connectivity index (χ1n) is 5.93. The number of fused-ring (bicyclic) bond motifs is 1. The summed E-state index contributed by atoms with van der Waals surface area (Å²) in [5, 5.41) is 2.98. The van der Waals surface area contributed by atoms with Gasteiger partial charge in [0, 0.05) is 18.0 Å². The zero-order valence-corrected chi connectivity index (χ0v) is 11.0. The van der Waals surface area contributed by atoms with Gasteiger partial charge in [0.05, 0.1) is 34.0 Å². The van der Waals surface area contributed by atoms with Crippen molar-refractivity contribution in [2.45, 2.75) is 12.5 Å². The Morgan fingerprint density at radius 2 is 2.05 bits per heavy atom. The highest BCUT2D eigenvalue weighted by Crippen LogP contribution is 2.18. The van der Waals surface area contributed by atoms with Crippen LogP contribution < -0.4 is 11.3 Å². The van der Waals surface area contributed by atoms with Crippen LogP contribution in [0.15, 0.2) is 42.0 Å². The summed E-state index contributed by atoms with van der Waals surface area (Å²) in [5.74, 6) is 5.62. The minimum Gasteiger partial charge on any atom is -0.271 e. The Labute approximate surface area is 114 Å². The molecule has 0 fully saturated rings. The summed E-state index contributed by atoms with van der Waals surface area (Å²) >= 11 is 1.61. The van der Waals surface area contributed by atoms with Gasteiger partial charge in [0.2, 0.25) is 0 Å². The Morgan fingerprint density at radius 3 is 2.79 bits per heavy atom. The van der Waals surface area contributed by atoms with Crippen molar-refractivity contribution in [3.63, 3.8) is 0 Å². The van der Waals surface area contributed by atoms with Crippen molar-refractivity contribution in [3.05, 3.63) is 52.7 Å². The average molecular weight is 271 g/mol. The zero-order chi connectivity index (χ0) is 13.1. The molecule has 96 valence electrons. The lowest BCUT2D eigenvalue weighted by Gasteiger charge is -2.13. The first kappa shape index (κ1) is 12.2. The van der Waals surface area contributed by atoms with Gasteiger partial charge >= 0.3 is 0 Å². The van der Waals surface area contributed by atoms with Gasteiger partial charge in [-0.05, 0) is 12.1 Å². The lowest BCUT2D eigenvalue weighted by molar-refractivity contribution is 0.537. The van der Waals surface area contributed by atoms with Crippen molar-refractivity contribution in [3.8, 4) is 0 Å². The SMILES string of the molecule is NNC(Cc1nccs1)c1cnc2ccccc2n1. The van der Waals surface area contributed by atoms with E-state index in [-0.39, 0.29) is 6.04 Å². The minimum atomic E-state index is -0.0803. The van der Waals surface area contributed by atoms with E-state index in [1.54, 1.807) is 23.7 Å². The maximum atomic E-state index is 5.62. The normalized spacial score (nSPS) is 12.7. The van der Waals surface area contributed by atoms with Gasteiger partial charge in [-0.25, -0.2) is 9.97 Å². The standard InChI is InChI=1S/C13H13N5S/c14-18-11(7-13-15-5-6-19-13)12-8-16-9-3-1-2-4-10(9)17-12/h1-6,8,11,18H,7,14H2. The van der Waals surface area contributed by atoms with Gasteiger partial charge < -0.3 is 0 Å². The Balaban J connectivity index is 1.92. The Hall–Kier alpha value is -1.89. The summed E-state index contributed by atoms with van der Waals surface area (Å²) < 4.78 is 0. The van der Waals surface area contributed by atoms with Gasteiger partial charge in [0.15, 0.2) is 0 Å². The van der Waals surface area contributed by atoms with Gasteiger partial charge in [0.25, 0.3) is 0 Å². The summed E-state index contributed by atoms with van der Waals surface area (Å²) in [7, 11) is 0. The van der Waals surface area contributed by atoms with E-state index >= 15 is 0 Å². The molecule has 0 saturated carbocycles. The van der Waals surface area contributed by atoms with E-state index in [9.17, 15) is 0 Å². The molecule has 0 radical (unpaired) electrons. The van der Waals surface area contributed by atoms with E-state index < -0.39 is 0 Å². The van der Waals surface area contributed by atoms with Crippen molar-refractivity contribution in [1.82, 2.24) is 20.4 Å². The summed E-state index contributed by atoms with van der Waals surface area (Å²) in [6, 6.07) is 7.71. The van der Waals surface area contributed by atoms with Gasteiger partial charge in [0.1, 0.15) is 0 Å². The second-order valence-corrected chi connectivity index (χ2v) is 5.11. The molecular weight excluding hydrogens is 258 g/mol. The fraction of sp³-hybridized carbons (Fsp3) is 0.154. The highest BCUT2D eigenvalue weighted by molar-refractivity contribution is 7.09. The quantitative estimate of drug-likeness (QED) is 0.559. The number of aromatic nitrogens is 3. The molecule has 6 heteroatoms. The molecule has 3 rings (SSSR count). The fourth-order valence-electron chi connectivity index (χ4n) is 1.92. The molecule has 0 spiro atoms. The number of nitrogens with two attached hydrogens (primary N) is 1. The van der Waals surface area contributed by atoms with Crippen molar-refractivity contribution in [2.24, 2.45) is 5.84 Å². The molecule has 3 aromatic rings. The third-order valence-corrected chi connectivity index (χ3v) is 3.69. The summed E-state index contributed by atoms with van der Waals surface area (Å²) in [5.41, 5.74) is 5.38. The lowest BCUT2D eigenvalue weighted by atomic mass is 10.1. The van der Waals surface area contributed by atoms with Crippen LogP contribution in [0.1, 0.15) is 16.7 Å². The van der Waals surface area contributed by atoms with Crippen LogP contribution in [-0.2, 0) is 6.42 Å². The van der Waals surface area contributed by atoms with Crippen LogP contribution in [0.5, 0.6) is 0 Å². The van der Waals surface area contributed by atoms with Crippen LogP contribution in [0.3, 0.4) is 0 Å². The predicted molar refractivity (Wildman–Crippen MR) is 75.4 cm³/mol. The van der Waals surface area contributed by atoms with Crippen LogP contribution in [0.2, 0.25) is 0 Å². The van der Waals surface area contributed by atoms with Crippen molar-refractivity contribution in [1.29, 1.82) is 0 Å². The zero-order valence-electron chi connectivity index (χ0n) is 10.2. The molecule has 0 aliphatic rings. The van der Waals surface area contributed by atoms with Crippen LogP contribution in [0.4, 0.5) is 0 Å². The number of benzene rings is 1.